The molecule has 1 atom stereocenters. The Hall–Kier alpha value is -1.01. The van der Waals surface area contributed by atoms with Crippen molar-refractivity contribution in [2.45, 2.75) is 26.3 Å². The van der Waals surface area contributed by atoms with Crippen LogP contribution in [0.4, 0.5) is 0 Å². The number of nitrogens with one attached hydrogen (secondary N) is 1. The van der Waals surface area contributed by atoms with E-state index in [2.05, 4.69) is 10.3 Å². The van der Waals surface area contributed by atoms with E-state index >= 15 is 0 Å². The quantitative estimate of drug-likeness (QED) is 0.781. The third-order valence-corrected chi connectivity index (χ3v) is 2.81. The lowest BCUT2D eigenvalue weighted by molar-refractivity contribution is 0.0945. The van der Waals surface area contributed by atoms with Crippen LogP contribution in [-0.4, -0.2) is 21.9 Å². The van der Waals surface area contributed by atoms with Gasteiger partial charge in [-0.25, -0.2) is 4.98 Å². The monoisotopic (exact) mass is 243 g/mol. The summed E-state index contributed by atoms with van der Waals surface area (Å²) in [6.45, 7) is 3.73. The van der Waals surface area contributed by atoms with Crippen LogP contribution in [0.15, 0.2) is 6.20 Å². The smallest absolute Gasteiger partial charge is 0.263 e. The predicted octanol–water partition coefficient (Wildman–Crippen LogP) is 1.25. The SMILES string of the molecule is Cc1ncc(C(=O)NC(C)CC(N)=S)s1. The molecule has 0 aliphatic carbocycles. The van der Waals surface area contributed by atoms with Crippen molar-refractivity contribution in [3.8, 4) is 0 Å². The van der Waals surface area contributed by atoms with E-state index < -0.39 is 0 Å². The number of hydrogen-bond donors (Lipinski definition) is 2. The molecule has 0 radical (unpaired) electrons. The number of carbonyl (C=O) groups excluding carboxylic acids is 1. The number of aromatic nitrogens is 1. The number of aryl methyl sites for hydroxylation is 1. The zero-order valence-corrected chi connectivity index (χ0v) is 10.2. The van der Waals surface area contributed by atoms with Crippen molar-refractivity contribution in [1.29, 1.82) is 0 Å². The number of amides is 1. The first-order valence-electron chi connectivity index (χ1n) is 4.50. The molecule has 0 aromatic carbocycles. The van der Waals surface area contributed by atoms with Gasteiger partial charge in [0.15, 0.2) is 0 Å². The molecule has 0 spiro atoms. The molecule has 0 aliphatic rings. The van der Waals surface area contributed by atoms with Crippen LogP contribution in [0, 0.1) is 6.92 Å². The summed E-state index contributed by atoms with van der Waals surface area (Å²) in [4.78, 5) is 16.7. The first-order chi connectivity index (χ1) is 6.99. The van der Waals surface area contributed by atoms with Crippen LogP contribution in [0.2, 0.25) is 0 Å². The van der Waals surface area contributed by atoms with Gasteiger partial charge in [0.2, 0.25) is 0 Å². The van der Waals surface area contributed by atoms with Gasteiger partial charge in [-0.3, -0.25) is 4.79 Å². The molecule has 0 saturated carbocycles. The lowest BCUT2D eigenvalue weighted by Gasteiger charge is -2.11. The van der Waals surface area contributed by atoms with Crippen molar-refractivity contribution < 1.29 is 4.79 Å². The number of hydrogen-bond acceptors (Lipinski definition) is 4. The largest absolute Gasteiger partial charge is 0.393 e. The Morgan fingerprint density at radius 3 is 2.93 bits per heavy atom. The summed E-state index contributed by atoms with van der Waals surface area (Å²) in [5.41, 5.74) is 5.38. The van der Waals surface area contributed by atoms with Crippen molar-refractivity contribution in [1.82, 2.24) is 10.3 Å². The molecule has 4 nitrogen and oxygen atoms in total. The number of carbonyl (C=O) groups is 1. The fourth-order valence-corrected chi connectivity index (χ4v) is 2.04. The maximum Gasteiger partial charge on any atom is 0.263 e. The molecular formula is C9H13N3OS2. The lowest BCUT2D eigenvalue weighted by Crippen LogP contribution is -2.34. The van der Waals surface area contributed by atoms with Gasteiger partial charge < -0.3 is 11.1 Å². The zero-order valence-electron chi connectivity index (χ0n) is 8.61. The molecule has 0 aliphatic heterocycles. The molecule has 1 unspecified atom stereocenters. The second kappa shape index (κ2) is 5.18. The van der Waals surface area contributed by atoms with Gasteiger partial charge in [0.05, 0.1) is 16.2 Å². The summed E-state index contributed by atoms with van der Waals surface area (Å²) in [6, 6.07) is -0.0441. The van der Waals surface area contributed by atoms with E-state index in [1.165, 1.54) is 11.3 Å². The minimum absolute atomic E-state index is 0.0441. The Labute approximate surface area is 97.9 Å². The Kier molecular flexibility index (Phi) is 4.16. The highest BCUT2D eigenvalue weighted by Gasteiger charge is 2.12. The van der Waals surface area contributed by atoms with Gasteiger partial charge in [-0.15, -0.1) is 11.3 Å². The first-order valence-corrected chi connectivity index (χ1v) is 5.73. The van der Waals surface area contributed by atoms with E-state index in [0.717, 1.165) is 5.01 Å². The van der Waals surface area contributed by atoms with Crippen LogP contribution in [0.1, 0.15) is 28.0 Å². The molecule has 15 heavy (non-hydrogen) atoms. The van der Waals surface area contributed by atoms with Crippen molar-refractivity contribution in [3.05, 3.63) is 16.1 Å². The molecule has 6 heteroatoms. The van der Waals surface area contributed by atoms with Gasteiger partial charge in [-0.1, -0.05) is 12.2 Å². The molecule has 1 aromatic heterocycles. The fraction of sp³-hybridized carbons (Fsp3) is 0.444. The van der Waals surface area contributed by atoms with E-state index in [0.29, 0.717) is 16.3 Å². The van der Waals surface area contributed by atoms with Crippen LogP contribution >= 0.6 is 23.6 Å². The fourth-order valence-electron chi connectivity index (χ4n) is 1.11. The number of nitrogens with zero attached hydrogens (tertiary/aromatic N) is 1. The molecule has 82 valence electrons. The summed E-state index contributed by atoms with van der Waals surface area (Å²) in [5.74, 6) is -0.121. The van der Waals surface area contributed by atoms with E-state index in [1.807, 2.05) is 13.8 Å². The maximum atomic E-state index is 11.6. The van der Waals surface area contributed by atoms with Gasteiger partial charge in [-0.05, 0) is 13.8 Å². The Morgan fingerprint density at radius 2 is 2.47 bits per heavy atom. The second-order valence-corrected chi connectivity index (χ2v) is 5.05. The summed E-state index contributed by atoms with van der Waals surface area (Å²) in [7, 11) is 0. The van der Waals surface area contributed by atoms with Crippen LogP contribution in [-0.2, 0) is 0 Å². The Morgan fingerprint density at radius 1 is 1.80 bits per heavy atom. The molecule has 1 heterocycles. The van der Waals surface area contributed by atoms with Crippen LogP contribution in [0.5, 0.6) is 0 Å². The van der Waals surface area contributed by atoms with E-state index in [4.69, 9.17) is 18.0 Å². The van der Waals surface area contributed by atoms with E-state index in [-0.39, 0.29) is 11.9 Å². The number of rotatable bonds is 4. The molecule has 0 saturated heterocycles. The van der Waals surface area contributed by atoms with Crippen LogP contribution in [0.25, 0.3) is 0 Å². The van der Waals surface area contributed by atoms with Gasteiger partial charge in [0, 0.05) is 12.5 Å². The van der Waals surface area contributed by atoms with Gasteiger partial charge in [-0.2, -0.15) is 0 Å². The number of thiazole rings is 1. The van der Waals surface area contributed by atoms with Gasteiger partial charge in [0.1, 0.15) is 4.88 Å². The summed E-state index contributed by atoms with van der Waals surface area (Å²) >= 11 is 6.13. The Balaban J connectivity index is 2.52. The Bertz CT molecular complexity index is 375. The average Bonchev–Trinajstić information content (AvgIpc) is 2.49. The van der Waals surface area contributed by atoms with Crippen LogP contribution < -0.4 is 11.1 Å². The third-order valence-electron chi connectivity index (χ3n) is 1.73. The number of nitrogens with two attached hydrogens (primary N) is 1. The first kappa shape index (κ1) is 12.1. The molecule has 1 amide bonds. The molecule has 3 N–H and O–H groups in total. The van der Waals surface area contributed by atoms with E-state index in [9.17, 15) is 4.79 Å². The summed E-state index contributed by atoms with van der Waals surface area (Å²) in [6.07, 6.45) is 2.08. The molecule has 0 bridgehead atoms. The molecule has 1 aromatic rings. The van der Waals surface area contributed by atoms with Crippen molar-refractivity contribution in [2.24, 2.45) is 5.73 Å². The van der Waals surface area contributed by atoms with E-state index in [1.54, 1.807) is 6.20 Å². The van der Waals surface area contributed by atoms with Crippen molar-refractivity contribution >= 4 is 34.5 Å². The third kappa shape index (κ3) is 3.93. The predicted molar refractivity (Wildman–Crippen MR) is 65.2 cm³/mol. The molecule has 1 rings (SSSR count). The summed E-state index contributed by atoms with van der Waals surface area (Å²) in [5, 5.41) is 3.68. The van der Waals surface area contributed by atoms with Crippen molar-refractivity contribution in [2.75, 3.05) is 0 Å². The molecule has 0 fully saturated rings. The van der Waals surface area contributed by atoms with Crippen LogP contribution in [0.3, 0.4) is 0 Å². The van der Waals surface area contributed by atoms with Crippen molar-refractivity contribution in [3.63, 3.8) is 0 Å². The van der Waals surface area contributed by atoms with Gasteiger partial charge >= 0.3 is 0 Å². The highest BCUT2D eigenvalue weighted by molar-refractivity contribution is 7.80. The zero-order chi connectivity index (χ0) is 11.4. The second-order valence-electron chi connectivity index (χ2n) is 3.29. The topological polar surface area (TPSA) is 68.0 Å². The van der Waals surface area contributed by atoms with Gasteiger partial charge in [0.25, 0.3) is 5.91 Å². The normalized spacial score (nSPS) is 12.1. The standard InChI is InChI=1S/C9H13N3OS2/c1-5(3-8(10)14)12-9(13)7-4-11-6(2)15-7/h4-5H,3H2,1-2H3,(H2,10,14)(H,12,13). The highest BCUT2D eigenvalue weighted by atomic mass is 32.1. The molecular weight excluding hydrogens is 230 g/mol. The number of thiocarbonyl (C=S) groups is 1. The average molecular weight is 243 g/mol. The lowest BCUT2D eigenvalue weighted by atomic mass is 10.2. The minimum Gasteiger partial charge on any atom is -0.393 e. The maximum absolute atomic E-state index is 11.6. The minimum atomic E-state index is -0.121. The highest BCUT2D eigenvalue weighted by Crippen LogP contribution is 2.11. The summed E-state index contributed by atoms with van der Waals surface area (Å²) < 4.78 is 0.